The molecular formula is C18H19ClN2O5S. The van der Waals surface area contributed by atoms with E-state index in [9.17, 15) is 14.4 Å². The number of esters is 1. The van der Waals surface area contributed by atoms with E-state index < -0.39 is 11.9 Å². The lowest BCUT2D eigenvalue weighted by atomic mass is 10.2. The van der Waals surface area contributed by atoms with E-state index in [0.717, 1.165) is 11.8 Å². The summed E-state index contributed by atoms with van der Waals surface area (Å²) >= 11 is 6.87. The molecule has 2 N–H and O–H groups in total. The molecule has 7 nitrogen and oxygen atoms in total. The van der Waals surface area contributed by atoms with Gasteiger partial charge in [-0.2, -0.15) is 0 Å². The number of hydrogen-bond acceptors (Lipinski definition) is 6. The molecule has 2 aromatic rings. The Hall–Kier alpha value is -2.45. The van der Waals surface area contributed by atoms with Gasteiger partial charge in [-0.1, -0.05) is 11.6 Å². The molecule has 0 aliphatic carbocycles. The monoisotopic (exact) mass is 410 g/mol. The zero-order chi connectivity index (χ0) is 19.6. The molecule has 0 fully saturated rings. The minimum Gasteiger partial charge on any atom is -0.467 e. The summed E-state index contributed by atoms with van der Waals surface area (Å²) < 4.78 is 10.1. The van der Waals surface area contributed by atoms with Gasteiger partial charge in [0.15, 0.2) is 6.61 Å². The maximum Gasteiger partial charge on any atom is 0.316 e. The first kappa shape index (κ1) is 20.9. The number of carbonyl (C=O) groups excluding carboxylic acids is 3. The summed E-state index contributed by atoms with van der Waals surface area (Å²) in [5, 5.41) is 5.91. The molecule has 0 aliphatic rings. The molecule has 0 spiro atoms. The van der Waals surface area contributed by atoms with Crippen LogP contribution >= 0.6 is 23.4 Å². The number of nitrogens with one attached hydrogen (secondary N) is 2. The largest absolute Gasteiger partial charge is 0.467 e. The molecule has 1 aromatic carbocycles. The number of halogens is 1. The molecular weight excluding hydrogens is 392 g/mol. The van der Waals surface area contributed by atoms with Crippen LogP contribution in [0.25, 0.3) is 0 Å². The summed E-state index contributed by atoms with van der Waals surface area (Å²) in [7, 11) is 0. The zero-order valence-corrected chi connectivity index (χ0v) is 16.1. The van der Waals surface area contributed by atoms with E-state index in [-0.39, 0.29) is 30.1 Å². The van der Waals surface area contributed by atoms with Gasteiger partial charge in [0.1, 0.15) is 5.76 Å². The number of rotatable bonds is 9. The third kappa shape index (κ3) is 7.76. The van der Waals surface area contributed by atoms with E-state index in [2.05, 4.69) is 10.6 Å². The fourth-order valence-electron chi connectivity index (χ4n) is 2.04. The number of carbonyl (C=O) groups is 3. The normalized spacial score (nSPS) is 11.5. The highest BCUT2D eigenvalue weighted by molar-refractivity contribution is 8.00. The van der Waals surface area contributed by atoms with Gasteiger partial charge in [0.25, 0.3) is 5.91 Å². The number of benzene rings is 1. The average molecular weight is 411 g/mol. The van der Waals surface area contributed by atoms with Gasteiger partial charge in [0.2, 0.25) is 5.91 Å². The predicted octanol–water partition coefficient (Wildman–Crippen LogP) is 3.03. The van der Waals surface area contributed by atoms with Gasteiger partial charge in [0, 0.05) is 10.7 Å². The Kier molecular flexibility index (Phi) is 8.22. The fourth-order valence-corrected chi connectivity index (χ4v) is 2.77. The topological polar surface area (TPSA) is 97.6 Å². The van der Waals surface area contributed by atoms with Gasteiger partial charge >= 0.3 is 5.97 Å². The smallest absolute Gasteiger partial charge is 0.316 e. The molecule has 0 saturated carbocycles. The van der Waals surface area contributed by atoms with Crippen molar-refractivity contribution in [3.05, 3.63) is 53.4 Å². The van der Waals surface area contributed by atoms with Crippen molar-refractivity contribution in [3.63, 3.8) is 0 Å². The Morgan fingerprint density at radius 3 is 2.56 bits per heavy atom. The van der Waals surface area contributed by atoms with E-state index in [1.165, 1.54) is 6.26 Å². The van der Waals surface area contributed by atoms with Crippen LogP contribution in [0.1, 0.15) is 18.7 Å². The van der Waals surface area contributed by atoms with Crippen LogP contribution < -0.4 is 10.6 Å². The van der Waals surface area contributed by atoms with E-state index in [0.29, 0.717) is 16.5 Å². The molecule has 9 heteroatoms. The minimum atomic E-state index is -0.569. The summed E-state index contributed by atoms with van der Waals surface area (Å²) in [6.07, 6.45) is 1.51. The number of hydrogen-bond donors (Lipinski definition) is 2. The highest BCUT2D eigenvalue weighted by Gasteiger charge is 2.14. The number of furan rings is 1. The summed E-state index contributed by atoms with van der Waals surface area (Å²) in [6.45, 7) is 1.37. The number of thioether (sulfide) groups is 1. The average Bonchev–Trinajstić information content (AvgIpc) is 3.17. The van der Waals surface area contributed by atoms with Gasteiger partial charge in [0.05, 0.1) is 23.8 Å². The fraction of sp³-hybridized carbons (Fsp3) is 0.278. The molecule has 1 heterocycles. The van der Waals surface area contributed by atoms with Crippen molar-refractivity contribution in [3.8, 4) is 0 Å². The molecule has 1 atom stereocenters. The lowest BCUT2D eigenvalue weighted by Crippen LogP contribution is -2.31. The second-order valence-corrected chi connectivity index (χ2v) is 6.94. The van der Waals surface area contributed by atoms with Gasteiger partial charge in [-0.15, -0.1) is 11.8 Å². The highest BCUT2D eigenvalue weighted by Crippen LogP contribution is 2.14. The SMILES string of the molecule is C[C@@H](NC(=O)COC(=O)CSCC(=O)Nc1ccc(Cl)cc1)c1ccco1. The molecule has 27 heavy (non-hydrogen) atoms. The van der Waals surface area contributed by atoms with E-state index in [1.807, 2.05) is 0 Å². The van der Waals surface area contributed by atoms with E-state index in [1.54, 1.807) is 43.3 Å². The molecule has 0 radical (unpaired) electrons. The lowest BCUT2D eigenvalue weighted by molar-refractivity contribution is -0.146. The third-order valence-corrected chi connectivity index (χ3v) is 4.45. The van der Waals surface area contributed by atoms with Crippen molar-refractivity contribution in [2.24, 2.45) is 0 Å². The van der Waals surface area contributed by atoms with Crippen LogP contribution in [0.3, 0.4) is 0 Å². The first-order valence-electron chi connectivity index (χ1n) is 8.05. The van der Waals surface area contributed by atoms with Gasteiger partial charge in [-0.3, -0.25) is 14.4 Å². The molecule has 0 bridgehead atoms. The Morgan fingerprint density at radius 1 is 1.15 bits per heavy atom. The summed E-state index contributed by atoms with van der Waals surface area (Å²) in [4.78, 5) is 35.2. The molecule has 1 aromatic heterocycles. The summed E-state index contributed by atoms with van der Waals surface area (Å²) in [5.41, 5.74) is 0.620. The van der Waals surface area contributed by atoms with Crippen molar-refractivity contribution < 1.29 is 23.5 Å². The van der Waals surface area contributed by atoms with E-state index >= 15 is 0 Å². The third-order valence-electron chi connectivity index (χ3n) is 3.29. The molecule has 144 valence electrons. The number of anilines is 1. The lowest BCUT2D eigenvalue weighted by Gasteiger charge is -2.11. The van der Waals surface area contributed by atoms with E-state index in [4.69, 9.17) is 20.8 Å². The second-order valence-electron chi connectivity index (χ2n) is 5.51. The van der Waals surface area contributed by atoms with Crippen LogP contribution in [0.4, 0.5) is 5.69 Å². The Balaban J connectivity index is 1.59. The molecule has 0 saturated heterocycles. The van der Waals surface area contributed by atoms with Crippen molar-refractivity contribution in [1.29, 1.82) is 0 Å². The highest BCUT2D eigenvalue weighted by atomic mass is 35.5. The van der Waals surface area contributed by atoms with Crippen molar-refractivity contribution in [2.75, 3.05) is 23.4 Å². The molecule has 0 unspecified atom stereocenters. The Bertz CT molecular complexity index is 765. The Labute approximate surface area is 165 Å². The molecule has 0 aliphatic heterocycles. The zero-order valence-electron chi connectivity index (χ0n) is 14.6. The van der Waals surface area contributed by atoms with Crippen LogP contribution in [-0.4, -0.2) is 35.9 Å². The quantitative estimate of drug-likeness (QED) is 0.616. The summed E-state index contributed by atoms with van der Waals surface area (Å²) in [6, 6.07) is 9.83. The van der Waals surface area contributed by atoms with Crippen LogP contribution in [0.5, 0.6) is 0 Å². The van der Waals surface area contributed by atoms with Crippen molar-refractivity contribution >= 4 is 46.8 Å². The first-order valence-corrected chi connectivity index (χ1v) is 9.59. The Morgan fingerprint density at radius 2 is 1.89 bits per heavy atom. The maximum atomic E-state index is 11.8. The van der Waals surface area contributed by atoms with Crippen LogP contribution in [-0.2, 0) is 19.1 Å². The van der Waals surface area contributed by atoms with Crippen molar-refractivity contribution in [2.45, 2.75) is 13.0 Å². The van der Waals surface area contributed by atoms with Crippen LogP contribution in [0.15, 0.2) is 47.1 Å². The van der Waals surface area contributed by atoms with Gasteiger partial charge in [-0.25, -0.2) is 0 Å². The van der Waals surface area contributed by atoms with Gasteiger partial charge < -0.3 is 19.8 Å². The number of ether oxygens (including phenoxy) is 1. The second kappa shape index (κ2) is 10.6. The molecule has 2 rings (SSSR count). The summed E-state index contributed by atoms with van der Waals surface area (Å²) in [5.74, 6) is -0.594. The molecule has 2 amide bonds. The van der Waals surface area contributed by atoms with Crippen LogP contribution in [0, 0.1) is 0 Å². The predicted molar refractivity (Wildman–Crippen MR) is 104 cm³/mol. The van der Waals surface area contributed by atoms with Crippen molar-refractivity contribution in [1.82, 2.24) is 5.32 Å². The standard InChI is InChI=1S/C18H19ClN2O5S/c1-12(15-3-2-8-25-15)20-16(22)9-26-18(24)11-27-10-17(23)21-14-6-4-13(19)5-7-14/h2-8,12H,9-11H2,1H3,(H,20,22)(H,21,23)/t12-/m1/s1. The number of amides is 2. The van der Waals surface area contributed by atoms with Crippen LogP contribution in [0.2, 0.25) is 5.02 Å². The maximum absolute atomic E-state index is 11.8. The van der Waals surface area contributed by atoms with Gasteiger partial charge in [-0.05, 0) is 43.3 Å². The minimum absolute atomic E-state index is 0.0327. The first-order chi connectivity index (χ1) is 12.9.